The van der Waals surface area contributed by atoms with Gasteiger partial charge in [0.05, 0.1) is 0 Å². The van der Waals surface area contributed by atoms with Crippen molar-refractivity contribution in [1.82, 2.24) is 10.2 Å². The summed E-state index contributed by atoms with van der Waals surface area (Å²) in [5.74, 6) is -0.582. The minimum absolute atomic E-state index is 0.102. The number of ether oxygens (including phenoxy) is 1. The fourth-order valence-corrected chi connectivity index (χ4v) is 5.36. The molecule has 1 fully saturated rings. The molecule has 0 saturated heterocycles. The number of phenolic OH excluding ortho intramolecular Hbond substituents is 1. The zero-order chi connectivity index (χ0) is 31.3. The number of nitrogens with one attached hydrogen (secondary N) is 2. The third-order valence-corrected chi connectivity index (χ3v) is 7.70. The summed E-state index contributed by atoms with van der Waals surface area (Å²) in [5.41, 5.74) is 4.22. The lowest BCUT2D eigenvalue weighted by Crippen LogP contribution is -2.57. The molecule has 0 spiro atoms. The number of carbonyl (C=O) groups excluding carboxylic acids is 3. The van der Waals surface area contributed by atoms with Crippen LogP contribution in [0.3, 0.4) is 0 Å². The van der Waals surface area contributed by atoms with Crippen molar-refractivity contribution in [1.29, 1.82) is 0 Å². The van der Waals surface area contributed by atoms with E-state index in [-0.39, 0.29) is 30.0 Å². The Kier molecular flexibility index (Phi) is 9.79. The Bertz CT molecular complexity index is 1440. The number of aryl methyl sites for hydroxylation is 3. The van der Waals surface area contributed by atoms with Crippen molar-refractivity contribution in [2.24, 2.45) is 0 Å². The average molecular weight is 586 g/mol. The van der Waals surface area contributed by atoms with Crippen LogP contribution in [0, 0.1) is 20.8 Å². The molecule has 2 atom stereocenters. The van der Waals surface area contributed by atoms with Crippen LogP contribution < -0.4 is 10.6 Å². The van der Waals surface area contributed by atoms with Gasteiger partial charge in [0.2, 0.25) is 5.91 Å². The normalized spacial score (nSPS) is 14.7. The van der Waals surface area contributed by atoms with Gasteiger partial charge in [-0.2, -0.15) is 0 Å². The molecule has 0 heterocycles. The molecule has 8 heteroatoms. The van der Waals surface area contributed by atoms with Crippen LogP contribution in [0.25, 0.3) is 0 Å². The maximum absolute atomic E-state index is 14.7. The van der Waals surface area contributed by atoms with Crippen molar-refractivity contribution in [2.45, 2.75) is 91.0 Å². The second kappa shape index (κ2) is 13.3. The molecule has 2 unspecified atom stereocenters. The van der Waals surface area contributed by atoms with Gasteiger partial charge in [0.15, 0.2) is 0 Å². The summed E-state index contributed by atoms with van der Waals surface area (Å²) in [6.07, 6.45) is 1.88. The van der Waals surface area contributed by atoms with E-state index in [1.54, 1.807) is 49.9 Å². The number of alkyl carbamates (subject to hydrolysis) is 1. The molecule has 4 rings (SSSR count). The minimum atomic E-state index is -1.01. The summed E-state index contributed by atoms with van der Waals surface area (Å²) < 4.78 is 5.53. The third-order valence-electron chi connectivity index (χ3n) is 7.70. The maximum Gasteiger partial charge on any atom is 0.408 e. The SMILES string of the molecule is Cc1cccc(C(C(=O)Nc2c(C)cccc2C)N(C(=O)C(Cc2ccc(O)cc2)NC(=O)OC(C)(C)C)C2CCC2)c1. The van der Waals surface area contributed by atoms with Crippen molar-refractivity contribution < 1.29 is 24.2 Å². The van der Waals surface area contributed by atoms with Gasteiger partial charge in [-0.25, -0.2) is 4.79 Å². The molecule has 1 saturated carbocycles. The van der Waals surface area contributed by atoms with Crippen molar-refractivity contribution in [2.75, 3.05) is 5.32 Å². The highest BCUT2D eigenvalue weighted by atomic mass is 16.6. The summed E-state index contributed by atoms with van der Waals surface area (Å²) in [7, 11) is 0. The van der Waals surface area contributed by atoms with E-state index in [4.69, 9.17) is 4.74 Å². The third kappa shape index (κ3) is 8.15. The number of phenols is 1. The number of amides is 3. The molecule has 43 heavy (non-hydrogen) atoms. The van der Waals surface area contributed by atoms with Gasteiger partial charge < -0.3 is 25.4 Å². The first-order chi connectivity index (χ1) is 20.3. The average Bonchev–Trinajstić information content (AvgIpc) is 2.89. The summed E-state index contributed by atoms with van der Waals surface area (Å²) in [4.78, 5) is 43.6. The van der Waals surface area contributed by atoms with Gasteiger partial charge in [-0.05, 0) is 95.2 Å². The van der Waals surface area contributed by atoms with Gasteiger partial charge in [-0.15, -0.1) is 0 Å². The van der Waals surface area contributed by atoms with Crippen LogP contribution in [0.5, 0.6) is 5.75 Å². The number of nitrogens with zero attached hydrogens (tertiary/aromatic N) is 1. The molecule has 0 aliphatic heterocycles. The zero-order valence-electron chi connectivity index (χ0n) is 25.9. The van der Waals surface area contributed by atoms with E-state index in [2.05, 4.69) is 10.6 Å². The van der Waals surface area contributed by atoms with Gasteiger partial charge in [0, 0.05) is 18.2 Å². The first kappa shape index (κ1) is 31.6. The van der Waals surface area contributed by atoms with Crippen molar-refractivity contribution in [3.63, 3.8) is 0 Å². The number of carbonyl (C=O) groups is 3. The molecular formula is C35H43N3O5. The Morgan fingerprint density at radius 2 is 1.58 bits per heavy atom. The minimum Gasteiger partial charge on any atom is -0.508 e. The largest absolute Gasteiger partial charge is 0.508 e. The van der Waals surface area contributed by atoms with Gasteiger partial charge >= 0.3 is 6.09 Å². The quantitative estimate of drug-likeness (QED) is 0.265. The first-order valence-corrected chi connectivity index (χ1v) is 14.9. The Labute approximate surface area is 254 Å². The Hall–Kier alpha value is -4.33. The Morgan fingerprint density at radius 3 is 2.14 bits per heavy atom. The predicted molar refractivity (Wildman–Crippen MR) is 168 cm³/mol. The molecule has 8 nitrogen and oxygen atoms in total. The molecule has 0 bridgehead atoms. The second-order valence-electron chi connectivity index (χ2n) is 12.5. The van der Waals surface area contributed by atoms with E-state index in [0.717, 1.165) is 47.2 Å². The highest BCUT2D eigenvalue weighted by molar-refractivity contribution is 6.00. The summed E-state index contributed by atoms with van der Waals surface area (Å²) >= 11 is 0. The van der Waals surface area contributed by atoms with Crippen LogP contribution in [-0.4, -0.2) is 45.6 Å². The molecular weight excluding hydrogens is 542 g/mol. The molecule has 3 N–H and O–H groups in total. The monoisotopic (exact) mass is 585 g/mol. The molecule has 1 aliphatic rings. The molecule has 228 valence electrons. The lowest BCUT2D eigenvalue weighted by atomic mass is 9.87. The van der Waals surface area contributed by atoms with Gasteiger partial charge in [0.25, 0.3) is 5.91 Å². The van der Waals surface area contributed by atoms with E-state index in [0.29, 0.717) is 5.56 Å². The van der Waals surface area contributed by atoms with Gasteiger partial charge in [-0.1, -0.05) is 60.2 Å². The zero-order valence-corrected chi connectivity index (χ0v) is 25.9. The number of hydrogen-bond donors (Lipinski definition) is 3. The number of rotatable bonds is 9. The molecule has 0 radical (unpaired) electrons. The van der Waals surface area contributed by atoms with Crippen LogP contribution in [-0.2, 0) is 20.7 Å². The lowest BCUT2D eigenvalue weighted by molar-refractivity contribution is -0.145. The van der Waals surface area contributed by atoms with Crippen LogP contribution >= 0.6 is 0 Å². The highest BCUT2D eigenvalue weighted by Gasteiger charge is 2.42. The fraction of sp³-hybridized carbons (Fsp3) is 0.400. The van der Waals surface area contributed by atoms with Crippen LogP contribution in [0.1, 0.15) is 73.9 Å². The molecule has 3 amide bonds. The number of para-hydroxylation sites is 1. The Morgan fingerprint density at radius 1 is 0.953 bits per heavy atom. The molecule has 0 aromatic heterocycles. The van der Waals surface area contributed by atoms with Crippen molar-refractivity contribution in [3.8, 4) is 5.75 Å². The van der Waals surface area contributed by atoms with E-state index in [1.165, 1.54) is 0 Å². The van der Waals surface area contributed by atoms with E-state index in [9.17, 15) is 19.5 Å². The number of benzene rings is 3. The van der Waals surface area contributed by atoms with E-state index >= 15 is 0 Å². The summed E-state index contributed by atoms with van der Waals surface area (Å²) in [6.45, 7) is 11.1. The second-order valence-corrected chi connectivity index (χ2v) is 12.5. The molecule has 3 aromatic carbocycles. The van der Waals surface area contributed by atoms with Crippen LogP contribution in [0.4, 0.5) is 10.5 Å². The van der Waals surface area contributed by atoms with Gasteiger partial charge in [-0.3, -0.25) is 9.59 Å². The fourth-order valence-electron chi connectivity index (χ4n) is 5.36. The molecule has 1 aliphatic carbocycles. The predicted octanol–water partition coefficient (Wildman–Crippen LogP) is 6.51. The number of aromatic hydroxyl groups is 1. The molecule has 3 aromatic rings. The van der Waals surface area contributed by atoms with Crippen molar-refractivity contribution in [3.05, 3.63) is 94.5 Å². The van der Waals surface area contributed by atoms with E-state index < -0.39 is 23.8 Å². The topological polar surface area (TPSA) is 108 Å². The smallest absolute Gasteiger partial charge is 0.408 e. The van der Waals surface area contributed by atoms with Crippen molar-refractivity contribution >= 4 is 23.6 Å². The number of anilines is 1. The lowest BCUT2D eigenvalue weighted by Gasteiger charge is -2.43. The van der Waals surface area contributed by atoms with Crippen LogP contribution in [0.2, 0.25) is 0 Å². The summed E-state index contributed by atoms with van der Waals surface area (Å²) in [5, 5.41) is 15.7. The van der Waals surface area contributed by atoms with E-state index in [1.807, 2.05) is 63.2 Å². The maximum atomic E-state index is 14.7. The van der Waals surface area contributed by atoms with Crippen LogP contribution in [0.15, 0.2) is 66.7 Å². The van der Waals surface area contributed by atoms with Gasteiger partial charge in [0.1, 0.15) is 23.4 Å². The highest BCUT2D eigenvalue weighted by Crippen LogP contribution is 2.35. The standard InChI is InChI=1S/C35H43N3O5/c1-22-10-7-13-26(20-22)31(32(40)37-30-23(2)11-8-12-24(30)3)38(27-14-9-15-27)33(41)29(36-34(42)43-35(4,5)6)21-25-16-18-28(39)19-17-25/h7-8,10-13,16-20,27,29,31,39H,9,14-15,21H2,1-6H3,(H,36,42)(H,37,40). The first-order valence-electron chi connectivity index (χ1n) is 14.9. The summed E-state index contributed by atoms with van der Waals surface area (Å²) in [6, 6.07) is 17.9. The Balaban J connectivity index is 1.77. The number of hydrogen-bond acceptors (Lipinski definition) is 5.